The van der Waals surface area contributed by atoms with E-state index >= 15 is 0 Å². The van der Waals surface area contributed by atoms with Gasteiger partial charge in [0.2, 0.25) is 0 Å². The zero-order valence-electron chi connectivity index (χ0n) is 24.1. The number of anilines is 1. The molecule has 0 radical (unpaired) electrons. The van der Waals surface area contributed by atoms with Crippen molar-refractivity contribution >= 4 is 38.6 Å². The van der Waals surface area contributed by atoms with Gasteiger partial charge in [-0.1, -0.05) is 109 Å². The predicted octanol–water partition coefficient (Wildman–Crippen LogP) is 9.72. The maximum absolute atomic E-state index is 5.26. The molecule has 41 heavy (non-hydrogen) atoms. The molecule has 0 fully saturated rings. The number of pyridine rings is 1. The molecule has 3 heteroatoms. The van der Waals surface area contributed by atoms with E-state index in [0.717, 1.165) is 45.8 Å². The highest BCUT2D eigenvalue weighted by atomic mass is 15.0. The van der Waals surface area contributed by atoms with Crippen molar-refractivity contribution < 1.29 is 0 Å². The van der Waals surface area contributed by atoms with Crippen molar-refractivity contribution in [2.75, 3.05) is 5.32 Å². The maximum atomic E-state index is 5.26. The second-order valence-electron chi connectivity index (χ2n) is 11.2. The van der Waals surface area contributed by atoms with Crippen molar-refractivity contribution in [3.05, 3.63) is 149 Å². The third kappa shape index (κ3) is 5.36. The van der Waals surface area contributed by atoms with Crippen LogP contribution in [0.15, 0.2) is 126 Å². The van der Waals surface area contributed by atoms with Gasteiger partial charge in [-0.2, -0.15) is 0 Å². The maximum Gasteiger partial charge on any atom is 0.0846 e. The minimum absolute atomic E-state index is 0.470. The lowest BCUT2D eigenvalue weighted by atomic mass is 9.87. The number of rotatable bonds is 7. The number of hydrogen-bond donors (Lipinski definition) is 1. The first-order valence-corrected chi connectivity index (χ1v) is 14.2. The van der Waals surface area contributed by atoms with Crippen LogP contribution in [0.3, 0.4) is 0 Å². The molecule has 0 spiro atoms. The van der Waals surface area contributed by atoms with Gasteiger partial charge in [0.05, 0.1) is 28.3 Å². The molecule has 1 heterocycles. The van der Waals surface area contributed by atoms with Gasteiger partial charge in [0.15, 0.2) is 0 Å². The highest BCUT2D eigenvalue weighted by molar-refractivity contribution is 6.03. The molecule has 1 unspecified atom stereocenters. The van der Waals surface area contributed by atoms with Crippen molar-refractivity contribution in [1.82, 2.24) is 4.98 Å². The molecule has 1 N–H and O–H groups in total. The first-order valence-electron chi connectivity index (χ1n) is 14.2. The molecule has 6 aromatic rings. The molecular weight excluding hydrogens is 498 g/mol. The fraction of sp³-hybridized carbons (Fsp3) is 0.158. The summed E-state index contributed by atoms with van der Waals surface area (Å²) in [7, 11) is 0. The summed E-state index contributed by atoms with van der Waals surface area (Å²) >= 11 is 0. The Bertz CT molecular complexity index is 1890. The van der Waals surface area contributed by atoms with Gasteiger partial charge in [-0.3, -0.25) is 4.99 Å². The Morgan fingerprint density at radius 3 is 2.07 bits per heavy atom. The van der Waals surface area contributed by atoms with Gasteiger partial charge in [-0.25, -0.2) is 4.98 Å². The summed E-state index contributed by atoms with van der Waals surface area (Å²) < 4.78 is 0. The van der Waals surface area contributed by atoms with Crippen LogP contribution in [0.5, 0.6) is 0 Å². The lowest BCUT2D eigenvalue weighted by Crippen LogP contribution is -2.36. The Balaban J connectivity index is 1.45. The summed E-state index contributed by atoms with van der Waals surface area (Å²) in [5.41, 5.74) is 8.06. The van der Waals surface area contributed by atoms with Gasteiger partial charge < -0.3 is 5.32 Å². The van der Waals surface area contributed by atoms with E-state index in [0.29, 0.717) is 0 Å². The largest absolute Gasteiger partial charge is 0.373 e. The topological polar surface area (TPSA) is 37.3 Å². The summed E-state index contributed by atoms with van der Waals surface area (Å²) in [4.78, 5) is 10.4. The fourth-order valence-electron chi connectivity index (χ4n) is 5.71. The third-order valence-corrected chi connectivity index (χ3v) is 8.01. The van der Waals surface area contributed by atoms with E-state index in [-0.39, 0.29) is 0 Å². The van der Waals surface area contributed by atoms with E-state index in [4.69, 9.17) is 9.98 Å². The van der Waals surface area contributed by atoms with E-state index in [2.05, 4.69) is 154 Å². The molecule has 1 aromatic heterocycles. The van der Waals surface area contributed by atoms with Gasteiger partial charge in [-0.05, 0) is 67.3 Å². The zero-order valence-corrected chi connectivity index (χ0v) is 24.1. The Morgan fingerprint density at radius 2 is 1.32 bits per heavy atom. The van der Waals surface area contributed by atoms with Crippen molar-refractivity contribution in [3.63, 3.8) is 0 Å². The summed E-state index contributed by atoms with van der Waals surface area (Å²) in [6.45, 7) is 8.61. The van der Waals surface area contributed by atoms with Crippen LogP contribution in [0.2, 0.25) is 0 Å². The third-order valence-electron chi connectivity index (χ3n) is 8.01. The highest BCUT2D eigenvalue weighted by Gasteiger charge is 2.30. The lowest BCUT2D eigenvalue weighted by molar-refractivity contribution is 0.522. The first kappa shape index (κ1) is 26.5. The Kier molecular flexibility index (Phi) is 7.11. The molecule has 3 nitrogen and oxygen atoms in total. The molecule has 0 saturated carbocycles. The predicted molar refractivity (Wildman–Crippen MR) is 175 cm³/mol. The average Bonchev–Trinajstić information content (AvgIpc) is 3.00. The summed E-state index contributed by atoms with van der Waals surface area (Å²) in [5.74, 6) is 0. The molecule has 0 saturated heterocycles. The van der Waals surface area contributed by atoms with E-state index in [1.807, 2.05) is 0 Å². The lowest BCUT2D eigenvalue weighted by Gasteiger charge is -2.33. The van der Waals surface area contributed by atoms with E-state index in [1.54, 1.807) is 0 Å². The number of hydrogen-bond acceptors (Lipinski definition) is 3. The Labute approximate surface area is 242 Å². The number of aryl methyl sites for hydroxylation is 2. The number of nitrogens with zero attached hydrogens (tertiary/aromatic N) is 2. The van der Waals surface area contributed by atoms with Crippen LogP contribution in [-0.2, 0) is 12.0 Å². The molecular formula is C38H35N3. The van der Waals surface area contributed by atoms with Crippen LogP contribution in [0.25, 0.3) is 21.5 Å². The summed E-state index contributed by atoms with van der Waals surface area (Å²) in [6, 6.07) is 42.6. The minimum Gasteiger partial charge on any atom is -0.373 e. The van der Waals surface area contributed by atoms with Gasteiger partial charge in [-0.15, -0.1) is 0 Å². The van der Waals surface area contributed by atoms with Crippen molar-refractivity contribution in [2.45, 2.75) is 39.7 Å². The van der Waals surface area contributed by atoms with Crippen molar-refractivity contribution in [2.24, 2.45) is 4.99 Å². The Hall–Kier alpha value is -4.76. The molecule has 0 bridgehead atoms. The van der Waals surface area contributed by atoms with Crippen LogP contribution in [-0.4, -0.2) is 10.7 Å². The minimum atomic E-state index is -0.470. The van der Waals surface area contributed by atoms with E-state index in [1.165, 1.54) is 27.3 Å². The van der Waals surface area contributed by atoms with Crippen LogP contribution < -0.4 is 5.32 Å². The number of benzene rings is 5. The average molecular weight is 534 g/mol. The van der Waals surface area contributed by atoms with Crippen molar-refractivity contribution in [1.29, 1.82) is 0 Å². The second-order valence-corrected chi connectivity index (χ2v) is 11.2. The van der Waals surface area contributed by atoms with Crippen LogP contribution >= 0.6 is 0 Å². The van der Waals surface area contributed by atoms with E-state index in [9.17, 15) is 0 Å². The second kappa shape index (κ2) is 11.0. The smallest absolute Gasteiger partial charge is 0.0846 e. The number of aromatic nitrogens is 1. The Morgan fingerprint density at radius 1 is 0.683 bits per heavy atom. The number of nitrogens with one attached hydrogen (secondary N) is 1. The number of fused-ring (bicyclic) bond motifs is 2. The molecule has 202 valence electrons. The first-order chi connectivity index (χ1) is 19.9. The molecule has 1 atom stereocenters. The molecule has 0 aliphatic carbocycles. The van der Waals surface area contributed by atoms with Crippen LogP contribution in [0, 0.1) is 13.8 Å². The standard InChI is InChI=1S/C38H35N3/c1-26-21-23-30-15-8-10-17-32(30)36(26)39-28(3)34-19-12-20-35(40-34)38(4,25-29-13-6-5-7-14-29)41-37-27(2)22-24-31-16-9-11-18-33(31)37/h5-24,41H,25H2,1-4H3. The van der Waals surface area contributed by atoms with Crippen LogP contribution in [0.1, 0.15) is 41.9 Å². The van der Waals surface area contributed by atoms with E-state index < -0.39 is 5.54 Å². The van der Waals surface area contributed by atoms with Gasteiger partial charge >= 0.3 is 0 Å². The SMILES string of the molecule is CC(=Nc1c(C)ccc2ccccc12)c1cccc(C(C)(Cc2ccccc2)Nc2c(C)ccc3ccccc23)n1. The summed E-state index contributed by atoms with van der Waals surface area (Å²) in [5, 5.41) is 8.76. The normalized spacial score (nSPS) is 13.3. The van der Waals surface area contributed by atoms with Gasteiger partial charge in [0.25, 0.3) is 0 Å². The molecule has 0 aliphatic heterocycles. The molecule has 0 aliphatic rings. The monoisotopic (exact) mass is 533 g/mol. The van der Waals surface area contributed by atoms with Gasteiger partial charge in [0.1, 0.15) is 0 Å². The van der Waals surface area contributed by atoms with Crippen molar-refractivity contribution in [3.8, 4) is 0 Å². The molecule has 6 rings (SSSR count). The van der Waals surface area contributed by atoms with Gasteiger partial charge in [0, 0.05) is 22.9 Å². The summed E-state index contributed by atoms with van der Waals surface area (Å²) in [6.07, 6.45) is 0.783. The molecule has 5 aromatic carbocycles. The zero-order chi connectivity index (χ0) is 28.4. The highest BCUT2D eigenvalue weighted by Crippen LogP contribution is 2.35. The molecule has 0 amide bonds. The number of aliphatic imine (C=N–C) groups is 1. The quantitative estimate of drug-likeness (QED) is 0.207. The fourth-order valence-corrected chi connectivity index (χ4v) is 5.71. The van der Waals surface area contributed by atoms with Crippen LogP contribution in [0.4, 0.5) is 11.4 Å².